The lowest BCUT2D eigenvalue weighted by atomic mass is 9.99. The van der Waals surface area contributed by atoms with Crippen LogP contribution in [0.3, 0.4) is 0 Å². The number of carbonyl (C=O) groups excluding carboxylic acids is 2. The summed E-state index contributed by atoms with van der Waals surface area (Å²) in [5.41, 5.74) is 0.689. The third-order valence-electron chi connectivity index (χ3n) is 4.52. The first-order valence-corrected chi connectivity index (χ1v) is 8.89. The molecule has 1 N–H and O–H groups in total. The van der Waals surface area contributed by atoms with Gasteiger partial charge in [-0.25, -0.2) is 9.59 Å². The van der Waals surface area contributed by atoms with E-state index in [0.717, 1.165) is 0 Å². The molecule has 148 valence electrons. The fourth-order valence-corrected chi connectivity index (χ4v) is 3.08. The van der Waals surface area contributed by atoms with Crippen molar-refractivity contribution in [3.05, 3.63) is 71.8 Å². The number of hydrogen-bond acceptors (Lipinski definition) is 7. The molecule has 0 aliphatic carbocycles. The second-order valence-electron chi connectivity index (χ2n) is 6.40. The van der Waals surface area contributed by atoms with Gasteiger partial charge < -0.3 is 24.1 Å². The van der Waals surface area contributed by atoms with E-state index in [2.05, 4.69) is 0 Å². The Bertz CT molecular complexity index is 727. The lowest BCUT2D eigenvalue weighted by Crippen LogP contribution is -2.60. The van der Waals surface area contributed by atoms with Crippen LogP contribution in [0.2, 0.25) is 0 Å². The van der Waals surface area contributed by atoms with Crippen molar-refractivity contribution in [1.29, 1.82) is 0 Å². The Morgan fingerprint density at radius 3 is 1.75 bits per heavy atom. The van der Waals surface area contributed by atoms with Gasteiger partial charge in [0.15, 0.2) is 18.5 Å². The number of hydrogen-bond donors (Lipinski definition) is 1. The lowest BCUT2D eigenvalue weighted by molar-refractivity contribution is -0.280. The molecule has 2 aromatic rings. The van der Waals surface area contributed by atoms with Crippen molar-refractivity contribution in [2.24, 2.45) is 0 Å². The first kappa shape index (κ1) is 20.0. The van der Waals surface area contributed by atoms with Crippen molar-refractivity contribution in [2.75, 3.05) is 7.11 Å². The van der Waals surface area contributed by atoms with Crippen LogP contribution in [0.25, 0.3) is 0 Å². The highest BCUT2D eigenvalue weighted by Gasteiger charge is 2.48. The van der Waals surface area contributed by atoms with Crippen LogP contribution in [0.5, 0.6) is 0 Å². The minimum Gasteiger partial charge on any atom is -0.453 e. The summed E-state index contributed by atoms with van der Waals surface area (Å²) in [6.07, 6.45) is -5.03. The third kappa shape index (κ3) is 4.39. The smallest absolute Gasteiger partial charge is 0.338 e. The van der Waals surface area contributed by atoms with E-state index in [-0.39, 0.29) is 0 Å². The molecular formula is C21H22O7. The molecule has 5 atom stereocenters. The summed E-state index contributed by atoms with van der Waals surface area (Å²) in [7, 11) is 1.39. The van der Waals surface area contributed by atoms with Gasteiger partial charge in [-0.1, -0.05) is 36.4 Å². The van der Waals surface area contributed by atoms with Gasteiger partial charge in [0.05, 0.1) is 17.2 Å². The molecule has 3 rings (SSSR count). The predicted octanol–water partition coefficient (Wildman–Crippen LogP) is 2.19. The molecule has 0 spiro atoms. The predicted molar refractivity (Wildman–Crippen MR) is 98.6 cm³/mol. The maximum atomic E-state index is 12.4. The minimum absolute atomic E-state index is 0.320. The monoisotopic (exact) mass is 386 g/mol. The topological polar surface area (TPSA) is 91.3 Å². The van der Waals surface area contributed by atoms with Crippen molar-refractivity contribution < 1.29 is 33.6 Å². The number of rotatable bonds is 5. The Morgan fingerprint density at radius 1 is 0.821 bits per heavy atom. The molecule has 1 heterocycles. The average molecular weight is 386 g/mol. The van der Waals surface area contributed by atoms with E-state index < -0.39 is 42.6 Å². The van der Waals surface area contributed by atoms with Crippen molar-refractivity contribution >= 4 is 11.9 Å². The van der Waals surface area contributed by atoms with Crippen molar-refractivity contribution in [3.63, 3.8) is 0 Å². The Hall–Kier alpha value is -2.74. The zero-order chi connectivity index (χ0) is 20.1. The van der Waals surface area contributed by atoms with Gasteiger partial charge in [-0.3, -0.25) is 0 Å². The van der Waals surface area contributed by atoms with Crippen molar-refractivity contribution in [3.8, 4) is 0 Å². The van der Waals surface area contributed by atoms with Gasteiger partial charge in [-0.05, 0) is 31.2 Å². The lowest BCUT2D eigenvalue weighted by Gasteiger charge is -2.42. The fourth-order valence-electron chi connectivity index (χ4n) is 3.08. The van der Waals surface area contributed by atoms with E-state index in [4.69, 9.17) is 18.9 Å². The highest BCUT2D eigenvalue weighted by atomic mass is 16.7. The second kappa shape index (κ2) is 8.97. The highest BCUT2D eigenvalue weighted by Crippen LogP contribution is 2.28. The highest BCUT2D eigenvalue weighted by molar-refractivity contribution is 5.90. The number of esters is 2. The molecule has 1 aliphatic rings. The molecule has 0 saturated carbocycles. The van der Waals surface area contributed by atoms with Crippen molar-refractivity contribution in [2.45, 2.75) is 37.6 Å². The third-order valence-corrected chi connectivity index (χ3v) is 4.52. The Morgan fingerprint density at radius 2 is 1.29 bits per heavy atom. The number of ether oxygens (including phenoxy) is 4. The van der Waals surface area contributed by atoms with E-state index in [1.54, 1.807) is 67.6 Å². The van der Waals surface area contributed by atoms with Gasteiger partial charge in [-0.2, -0.15) is 0 Å². The molecule has 0 aromatic heterocycles. The van der Waals surface area contributed by atoms with Crippen LogP contribution in [-0.4, -0.2) is 54.9 Å². The van der Waals surface area contributed by atoms with Crippen LogP contribution >= 0.6 is 0 Å². The normalized spacial score (nSPS) is 27.0. The van der Waals surface area contributed by atoms with Crippen LogP contribution in [0, 0.1) is 0 Å². The van der Waals surface area contributed by atoms with Gasteiger partial charge in [0, 0.05) is 7.11 Å². The zero-order valence-electron chi connectivity index (χ0n) is 15.6. The molecule has 1 unspecified atom stereocenters. The number of carbonyl (C=O) groups is 2. The molecule has 2 aromatic carbocycles. The van der Waals surface area contributed by atoms with Gasteiger partial charge in [0.2, 0.25) is 0 Å². The Labute approximate surface area is 162 Å². The van der Waals surface area contributed by atoms with E-state index in [1.807, 2.05) is 0 Å². The van der Waals surface area contributed by atoms with E-state index >= 15 is 0 Å². The van der Waals surface area contributed by atoms with Gasteiger partial charge in [-0.15, -0.1) is 0 Å². The first-order valence-electron chi connectivity index (χ1n) is 8.89. The van der Waals surface area contributed by atoms with E-state index in [9.17, 15) is 14.7 Å². The van der Waals surface area contributed by atoms with Gasteiger partial charge in [0.25, 0.3) is 0 Å². The number of aliphatic hydroxyl groups excluding tert-OH is 1. The molecular weight excluding hydrogens is 364 g/mol. The van der Waals surface area contributed by atoms with E-state index in [0.29, 0.717) is 11.1 Å². The molecule has 7 nitrogen and oxygen atoms in total. The number of aliphatic hydroxyl groups is 1. The largest absolute Gasteiger partial charge is 0.453 e. The molecule has 1 saturated heterocycles. The summed E-state index contributed by atoms with van der Waals surface area (Å²) >= 11 is 0. The SMILES string of the molecule is CO[C@@H]1[C@@H](OC(=O)c2ccccc2)[C@H](C)OC(O)[C@@H]1OC(=O)c1ccccc1. The molecule has 7 heteroatoms. The summed E-state index contributed by atoms with van der Waals surface area (Å²) in [6, 6.07) is 16.8. The van der Waals surface area contributed by atoms with Crippen molar-refractivity contribution in [1.82, 2.24) is 0 Å². The summed E-state index contributed by atoms with van der Waals surface area (Å²) < 4.78 is 21.9. The fraction of sp³-hybridized carbons (Fsp3) is 0.333. The van der Waals surface area contributed by atoms with Crippen LogP contribution < -0.4 is 0 Å². The maximum absolute atomic E-state index is 12.4. The van der Waals surface area contributed by atoms with Gasteiger partial charge in [0.1, 0.15) is 6.10 Å². The van der Waals surface area contributed by atoms with Crippen LogP contribution in [0.4, 0.5) is 0 Å². The van der Waals surface area contributed by atoms with Crippen LogP contribution in [-0.2, 0) is 18.9 Å². The second-order valence-corrected chi connectivity index (χ2v) is 6.40. The summed E-state index contributed by atoms with van der Waals surface area (Å²) in [6.45, 7) is 1.65. The standard InChI is InChI=1S/C21H22O7/c1-13-16(27-19(22)14-9-5-3-6-10-14)17(25-2)18(21(24)26-13)28-20(23)15-11-7-4-8-12-15/h3-13,16-18,21,24H,1-2H3/t13-,16-,17+,18+,21?/m0/s1. The summed E-state index contributed by atoms with van der Waals surface area (Å²) in [5, 5.41) is 10.3. The molecule has 0 radical (unpaired) electrons. The molecule has 1 aliphatic heterocycles. The molecule has 0 amide bonds. The molecule has 0 bridgehead atoms. The van der Waals surface area contributed by atoms with Gasteiger partial charge >= 0.3 is 11.9 Å². The first-order chi connectivity index (χ1) is 13.5. The molecule has 28 heavy (non-hydrogen) atoms. The average Bonchev–Trinajstić information content (AvgIpc) is 2.72. The summed E-state index contributed by atoms with van der Waals surface area (Å²) in [4.78, 5) is 24.8. The quantitative estimate of drug-likeness (QED) is 0.788. The molecule has 1 fully saturated rings. The minimum atomic E-state index is -1.42. The zero-order valence-corrected chi connectivity index (χ0v) is 15.6. The Kier molecular flexibility index (Phi) is 6.41. The van der Waals surface area contributed by atoms with Crippen LogP contribution in [0.15, 0.2) is 60.7 Å². The Balaban J connectivity index is 1.77. The number of methoxy groups -OCH3 is 1. The number of benzene rings is 2. The maximum Gasteiger partial charge on any atom is 0.338 e. The summed E-state index contributed by atoms with van der Waals surface area (Å²) in [5.74, 6) is -1.20. The van der Waals surface area contributed by atoms with E-state index in [1.165, 1.54) is 7.11 Å². The van der Waals surface area contributed by atoms with Crippen LogP contribution in [0.1, 0.15) is 27.6 Å².